The standard InChI is InChI=1S/C8H10NO2P/c10-9-11-7-3-6-2-1-5(7)4-8(6)12/h3-6H,1-2,12H2. The first-order valence-electron chi connectivity index (χ1n) is 4.00. The highest BCUT2D eigenvalue weighted by atomic mass is 31.0. The molecule has 3 nitrogen and oxygen atoms in total. The molecule has 3 aliphatic carbocycles. The zero-order chi connectivity index (χ0) is 8.55. The van der Waals surface area contributed by atoms with Gasteiger partial charge in [0, 0.05) is 11.8 Å². The second-order valence-corrected chi connectivity index (χ2v) is 3.86. The van der Waals surface area contributed by atoms with Crippen LogP contribution in [0.15, 0.2) is 28.6 Å². The first-order chi connectivity index (χ1) is 5.81. The average Bonchev–Trinajstić information content (AvgIpc) is 2.07. The summed E-state index contributed by atoms with van der Waals surface area (Å²) in [6, 6.07) is 0. The fourth-order valence-electron chi connectivity index (χ4n) is 1.83. The van der Waals surface area contributed by atoms with Crippen molar-refractivity contribution < 1.29 is 4.84 Å². The monoisotopic (exact) mass is 183 g/mol. The summed E-state index contributed by atoms with van der Waals surface area (Å²) in [6.07, 6.45) is 6.37. The smallest absolute Gasteiger partial charge is 0.160 e. The largest absolute Gasteiger partial charge is 0.328 e. The molecule has 0 aliphatic heterocycles. The predicted octanol–water partition coefficient (Wildman–Crippen LogP) is 2.37. The summed E-state index contributed by atoms with van der Waals surface area (Å²) in [5.74, 6) is 1.45. The predicted molar refractivity (Wildman–Crippen MR) is 49.0 cm³/mol. The molecule has 0 saturated carbocycles. The van der Waals surface area contributed by atoms with Gasteiger partial charge in [-0.05, 0) is 24.2 Å². The molecule has 3 rings (SSSR count). The lowest BCUT2D eigenvalue weighted by Gasteiger charge is -2.30. The van der Waals surface area contributed by atoms with Gasteiger partial charge in [-0.2, -0.15) is 0 Å². The van der Waals surface area contributed by atoms with Crippen molar-refractivity contribution in [1.82, 2.24) is 0 Å². The lowest BCUT2D eigenvalue weighted by atomic mass is 9.80. The van der Waals surface area contributed by atoms with Crippen molar-refractivity contribution in [1.29, 1.82) is 0 Å². The van der Waals surface area contributed by atoms with Crippen LogP contribution in [-0.2, 0) is 4.84 Å². The van der Waals surface area contributed by atoms with Crippen molar-refractivity contribution in [2.45, 2.75) is 12.8 Å². The van der Waals surface area contributed by atoms with Gasteiger partial charge in [0.25, 0.3) is 0 Å². The van der Waals surface area contributed by atoms with E-state index in [-0.39, 0.29) is 5.92 Å². The van der Waals surface area contributed by atoms with E-state index in [2.05, 4.69) is 25.5 Å². The number of fused-ring (bicyclic) bond motifs is 1. The minimum atomic E-state index is 0.278. The molecule has 0 amide bonds. The Labute approximate surface area is 73.0 Å². The van der Waals surface area contributed by atoms with E-state index in [1.165, 1.54) is 5.31 Å². The highest BCUT2D eigenvalue weighted by Gasteiger charge is 2.29. The Morgan fingerprint density at radius 3 is 2.67 bits per heavy atom. The van der Waals surface area contributed by atoms with Gasteiger partial charge in [0.15, 0.2) is 5.34 Å². The second-order valence-electron chi connectivity index (χ2n) is 3.19. The number of nitrogens with zero attached hydrogens (tertiary/aromatic N) is 1. The molecule has 0 aromatic carbocycles. The Morgan fingerprint density at radius 2 is 2.17 bits per heavy atom. The second kappa shape index (κ2) is 2.98. The van der Waals surface area contributed by atoms with E-state index in [4.69, 9.17) is 0 Å². The highest BCUT2D eigenvalue weighted by Crippen LogP contribution is 2.42. The van der Waals surface area contributed by atoms with E-state index in [9.17, 15) is 4.91 Å². The maximum absolute atomic E-state index is 9.89. The van der Waals surface area contributed by atoms with Crippen molar-refractivity contribution in [3.8, 4) is 0 Å². The number of hydrogen-bond donors (Lipinski definition) is 0. The molecule has 3 unspecified atom stereocenters. The molecule has 0 aromatic rings. The number of allylic oxidation sites excluding steroid dienone is 3. The van der Waals surface area contributed by atoms with Gasteiger partial charge in [-0.15, -0.1) is 14.1 Å². The molecule has 0 saturated heterocycles. The molecule has 0 heterocycles. The van der Waals surface area contributed by atoms with Gasteiger partial charge in [-0.1, -0.05) is 6.08 Å². The maximum atomic E-state index is 9.89. The maximum Gasteiger partial charge on any atom is 0.160 e. The normalized spacial score (nSPS) is 32.4. The molecule has 2 bridgehead atoms. The third-order valence-corrected chi connectivity index (χ3v) is 3.10. The Morgan fingerprint density at radius 1 is 1.42 bits per heavy atom. The summed E-state index contributed by atoms with van der Waals surface area (Å²) >= 11 is 0. The van der Waals surface area contributed by atoms with E-state index in [0.29, 0.717) is 5.92 Å². The van der Waals surface area contributed by atoms with E-state index in [0.717, 1.165) is 18.6 Å². The van der Waals surface area contributed by atoms with Gasteiger partial charge in [0.2, 0.25) is 0 Å². The Balaban J connectivity index is 2.22. The van der Waals surface area contributed by atoms with Crippen LogP contribution in [0.1, 0.15) is 12.8 Å². The fourth-order valence-corrected chi connectivity index (χ4v) is 2.33. The molecule has 3 aliphatic rings. The SMILES string of the molecule is O=NOC1=CC2CCC1C=C2P. The van der Waals surface area contributed by atoms with Gasteiger partial charge in [0.1, 0.15) is 5.76 Å². The summed E-state index contributed by atoms with van der Waals surface area (Å²) in [4.78, 5) is 14.5. The van der Waals surface area contributed by atoms with Gasteiger partial charge in [-0.3, -0.25) is 0 Å². The van der Waals surface area contributed by atoms with Crippen LogP contribution in [0.3, 0.4) is 0 Å². The molecule has 0 N–H and O–H groups in total. The zero-order valence-corrected chi connectivity index (χ0v) is 7.72. The van der Waals surface area contributed by atoms with Gasteiger partial charge in [0.05, 0.1) is 0 Å². The molecule has 3 atom stereocenters. The van der Waals surface area contributed by atoms with Crippen LogP contribution in [0.2, 0.25) is 0 Å². The average molecular weight is 183 g/mol. The first kappa shape index (κ1) is 7.93. The molecule has 0 fully saturated rings. The number of rotatable bonds is 2. The van der Waals surface area contributed by atoms with Crippen molar-refractivity contribution in [2.75, 3.05) is 0 Å². The minimum absolute atomic E-state index is 0.278. The zero-order valence-electron chi connectivity index (χ0n) is 6.56. The molecular weight excluding hydrogens is 173 g/mol. The lowest BCUT2D eigenvalue weighted by Crippen LogP contribution is -2.19. The van der Waals surface area contributed by atoms with Crippen LogP contribution < -0.4 is 0 Å². The Hall–Kier alpha value is -0.690. The van der Waals surface area contributed by atoms with E-state index in [1.54, 1.807) is 0 Å². The highest BCUT2D eigenvalue weighted by molar-refractivity contribution is 7.22. The van der Waals surface area contributed by atoms with Gasteiger partial charge in [-0.25, -0.2) is 0 Å². The summed E-state index contributed by atoms with van der Waals surface area (Å²) < 4.78 is 0. The van der Waals surface area contributed by atoms with Crippen LogP contribution >= 0.6 is 9.24 Å². The molecule has 0 spiro atoms. The van der Waals surface area contributed by atoms with Gasteiger partial charge >= 0.3 is 0 Å². The van der Waals surface area contributed by atoms with E-state index >= 15 is 0 Å². The third kappa shape index (κ3) is 1.18. The molecule has 12 heavy (non-hydrogen) atoms. The first-order valence-corrected chi connectivity index (χ1v) is 4.57. The fraction of sp³-hybridized carbons (Fsp3) is 0.500. The minimum Gasteiger partial charge on any atom is -0.328 e. The summed E-state index contributed by atoms with van der Waals surface area (Å²) in [5, 5.41) is 3.76. The Bertz CT molecular complexity index is 272. The summed E-state index contributed by atoms with van der Waals surface area (Å²) in [7, 11) is 2.72. The molecule has 0 aromatic heterocycles. The van der Waals surface area contributed by atoms with Crippen molar-refractivity contribution in [2.24, 2.45) is 17.2 Å². The van der Waals surface area contributed by atoms with Crippen molar-refractivity contribution >= 4 is 9.24 Å². The van der Waals surface area contributed by atoms with Crippen LogP contribution in [0, 0.1) is 16.7 Å². The topological polar surface area (TPSA) is 38.7 Å². The van der Waals surface area contributed by atoms with Crippen LogP contribution in [0.5, 0.6) is 0 Å². The Kier molecular flexibility index (Phi) is 1.97. The lowest BCUT2D eigenvalue weighted by molar-refractivity contribution is 0.176. The molecular formula is C8H10NO2P. The van der Waals surface area contributed by atoms with Crippen LogP contribution in [0.25, 0.3) is 0 Å². The molecule has 0 radical (unpaired) electrons. The number of hydrogen-bond acceptors (Lipinski definition) is 3. The molecule has 64 valence electrons. The quantitative estimate of drug-likeness (QED) is 0.374. The summed E-state index contributed by atoms with van der Waals surface area (Å²) in [6.45, 7) is 0. The van der Waals surface area contributed by atoms with E-state index in [1.807, 2.05) is 6.08 Å². The third-order valence-electron chi connectivity index (χ3n) is 2.48. The van der Waals surface area contributed by atoms with Gasteiger partial charge < -0.3 is 4.84 Å². The van der Waals surface area contributed by atoms with Crippen molar-refractivity contribution in [3.05, 3.63) is 28.1 Å². The van der Waals surface area contributed by atoms with E-state index < -0.39 is 0 Å². The van der Waals surface area contributed by atoms with Crippen LogP contribution in [-0.4, -0.2) is 0 Å². The molecule has 4 heteroatoms. The summed E-state index contributed by atoms with van der Waals surface area (Å²) in [5.41, 5.74) is 0. The van der Waals surface area contributed by atoms with Crippen LogP contribution in [0.4, 0.5) is 0 Å². The van der Waals surface area contributed by atoms with Crippen molar-refractivity contribution in [3.63, 3.8) is 0 Å².